The maximum Gasteiger partial charge on any atom is 0.344 e. The molecule has 7 nitrogen and oxygen atoms in total. The zero-order chi connectivity index (χ0) is 21.5. The molecule has 2 aromatic carbocycles. The SMILES string of the molecule is CCCCOC(=O)COc1ccc2c(=O)c(Oc3cccc(OC)c3)c(C)oc2c1. The first kappa shape index (κ1) is 21.2. The molecule has 7 heteroatoms. The quantitative estimate of drug-likeness (QED) is 0.374. The predicted molar refractivity (Wildman–Crippen MR) is 112 cm³/mol. The second kappa shape index (κ2) is 9.82. The zero-order valence-electron chi connectivity index (χ0n) is 17.2. The van der Waals surface area contributed by atoms with Crippen LogP contribution in [-0.4, -0.2) is 26.3 Å². The van der Waals surface area contributed by atoms with E-state index >= 15 is 0 Å². The van der Waals surface area contributed by atoms with Crippen LogP contribution in [0.25, 0.3) is 11.0 Å². The maximum atomic E-state index is 12.9. The number of benzene rings is 2. The molecule has 0 aliphatic rings. The molecule has 0 spiro atoms. The third-order valence-electron chi connectivity index (χ3n) is 4.37. The fourth-order valence-corrected chi connectivity index (χ4v) is 2.77. The van der Waals surface area contributed by atoms with E-state index in [0.717, 1.165) is 12.8 Å². The van der Waals surface area contributed by atoms with Crippen molar-refractivity contribution in [1.29, 1.82) is 0 Å². The van der Waals surface area contributed by atoms with E-state index in [1.165, 1.54) is 0 Å². The van der Waals surface area contributed by atoms with Crippen molar-refractivity contribution in [2.75, 3.05) is 20.3 Å². The summed E-state index contributed by atoms with van der Waals surface area (Å²) in [5, 5.41) is 0.344. The summed E-state index contributed by atoms with van der Waals surface area (Å²) in [6, 6.07) is 11.7. The van der Waals surface area contributed by atoms with E-state index in [4.69, 9.17) is 23.4 Å². The van der Waals surface area contributed by atoms with Crippen molar-refractivity contribution >= 4 is 16.9 Å². The van der Waals surface area contributed by atoms with Crippen molar-refractivity contribution in [1.82, 2.24) is 0 Å². The molecule has 0 fully saturated rings. The molecule has 0 bridgehead atoms. The monoisotopic (exact) mass is 412 g/mol. The lowest BCUT2D eigenvalue weighted by atomic mass is 10.2. The summed E-state index contributed by atoms with van der Waals surface area (Å²) in [5.41, 5.74) is 0.0365. The van der Waals surface area contributed by atoms with Gasteiger partial charge in [0.1, 0.15) is 28.6 Å². The highest BCUT2D eigenvalue weighted by Gasteiger charge is 2.15. The van der Waals surface area contributed by atoms with Crippen LogP contribution in [0.5, 0.6) is 23.0 Å². The first-order chi connectivity index (χ1) is 14.5. The van der Waals surface area contributed by atoms with Crippen LogP contribution >= 0.6 is 0 Å². The molecule has 1 heterocycles. The van der Waals surface area contributed by atoms with Crippen LogP contribution in [0, 0.1) is 6.92 Å². The molecular formula is C23H24O7. The second-order valence-electron chi connectivity index (χ2n) is 6.62. The van der Waals surface area contributed by atoms with Crippen molar-refractivity contribution in [2.45, 2.75) is 26.7 Å². The average molecular weight is 412 g/mol. The topological polar surface area (TPSA) is 84.2 Å². The Morgan fingerprint density at radius 3 is 2.63 bits per heavy atom. The number of esters is 1. The summed E-state index contributed by atoms with van der Waals surface area (Å²) < 4.78 is 27.2. The van der Waals surface area contributed by atoms with Gasteiger partial charge in [0.05, 0.1) is 19.1 Å². The maximum absolute atomic E-state index is 12.9. The normalized spacial score (nSPS) is 10.6. The van der Waals surface area contributed by atoms with E-state index in [1.807, 2.05) is 6.92 Å². The van der Waals surface area contributed by atoms with Crippen molar-refractivity contribution in [3.63, 3.8) is 0 Å². The minimum atomic E-state index is -0.441. The molecule has 0 N–H and O–H groups in total. The Labute approximate surface area is 174 Å². The molecule has 0 saturated heterocycles. The Morgan fingerprint density at radius 2 is 1.87 bits per heavy atom. The molecule has 0 unspecified atom stereocenters. The van der Waals surface area contributed by atoms with E-state index in [-0.39, 0.29) is 17.8 Å². The number of hydrogen-bond acceptors (Lipinski definition) is 7. The van der Waals surface area contributed by atoms with Gasteiger partial charge in [-0.3, -0.25) is 4.79 Å². The summed E-state index contributed by atoms with van der Waals surface area (Å²) in [6.45, 7) is 3.83. The third kappa shape index (κ3) is 5.11. The molecule has 3 rings (SSSR count). The van der Waals surface area contributed by atoms with Gasteiger partial charge in [0, 0.05) is 12.1 Å². The van der Waals surface area contributed by atoms with Gasteiger partial charge in [-0.05, 0) is 37.6 Å². The van der Waals surface area contributed by atoms with E-state index in [2.05, 4.69) is 0 Å². The number of carbonyl (C=O) groups is 1. The molecule has 0 radical (unpaired) electrons. The number of fused-ring (bicyclic) bond motifs is 1. The van der Waals surface area contributed by atoms with Gasteiger partial charge in [-0.1, -0.05) is 19.4 Å². The van der Waals surface area contributed by atoms with Crippen molar-refractivity contribution in [3.8, 4) is 23.0 Å². The highest BCUT2D eigenvalue weighted by molar-refractivity contribution is 5.80. The van der Waals surface area contributed by atoms with E-state index < -0.39 is 5.97 Å². The van der Waals surface area contributed by atoms with Crippen molar-refractivity contribution in [3.05, 3.63) is 58.4 Å². The van der Waals surface area contributed by atoms with Crippen molar-refractivity contribution in [2.24, 2.45) is 0 Å². The number of hydrogen-bond donors (Lipinski definition) is 0. The molecule has 0 amide bonds. The van der Waals surface area contributed by atoms with Gasteiger partial charge in [0.15, 0.2) is 6.61 Å². The first-order valence-electron chi connectivity index (χ1n) is 9.69. The lowest BCUT2D eigenvalue weighted by molar-refractivity contribution is -0.146. The highest BCUT2D eigenvalue weighted by Crippen LogP contribution is 2.28. The minimum Gasteiger partial charge on any atom is -0.497 e. The average Bonchev–Trinajstić information content (AvgIpc) is 2.75. The first-order valence-corrected chi connectivity index (χ1v) is 9.69. The summed E-state index contributed by atoms with van der Waals surface area (Å²) in [5.74, 6) is 1.47. The molecular weight excluding hydrogens is 388 g/mol. The van der Waals surface area contributed by atoms with Gasteiger partial charge in [-0.2, -0.15) is 0 Å². The van der Waals surface area contributed by atoms with Gasteiger partial charge >= 0.3 is 5.97 Å². The molecule has 30 heavy (non-hydrogen) atoms. The van der Waals surface area contributed by atoms with E-state index in [1.54, 1.807) is 56.5 Å². The Hall–Kier alpha value is -3.48. The molecule has 158 valence electrons. The van der Waals surface area contributed by atoms with Crippen molar-refractivity contribution < 1.29 is 28.2 Å². The Bertz CT molecular complexity index is 1080. The zero-order valence-corrected chi connectivity index (χ0v) is 17.2. The molecule has 0 aliphatic carbocycles. The van der Waals surface area contributed by atoms with Gasteiger partial charge < -0.3 is 23.4 Å². The number of rotatable bonds is 9. The minimum absolute atomic E-state index is 0.101. The summed E-state index contributed by atoms with van der Waals surface area (Å²) in [7, 11) is 1.55. The number of unbranched alkanes of at least 4 members (excludes halogenated alkanes) is 1. The Kier molecular flexibility index (Phi) is 6.95. The smallest absolute Gasteiger partial charge is 0.344 e. The number of carbonyl (C=O) groups excluding carboxylic acids is 1. The number of aryl methyl sites for hydroxylation is 1. The van der Waals surface area contributed by atoms with Crippen LogP contribution in [0.1, 0.15) is 25.5 Å². The second-order valence-corrected chi connectivity index (χ2v) is 6.62. The molecule has 0 atom stereocenters. The van der Waals surface area contributed by atoms with Crippen LogP contribution in [-0.2, 0) is 9.53 Å². The van der Waals surface area contributed by atoms with Gasteiger partial charge in [-0.25, -0.2) is 4.79 Å². The van der Waals surface area contributed by atoms with Gasteiger partial charge in [0.2, 0.25) is 11.2 Å². The summed E-state index contributed by atoms with van der Waals surface area (Å²) in [4.78, 5) is 24.6. The summed E-state index contributed by atoms with van der Waals surface area (Å²) in [6.07, 6.45) is 1.76. The van der Waals surface area contributed by atoms with Gasteiger partial charge in [0.25, 0.3) is 0 Å². The molecule has 1 aromatic heterocycles. The lowest BCUT2D eigenvalue weighted by Crippen LogP contribution is -2.15. The lowest BCUT2D eigenvalue weighted by Gasteiger charge is -2.11. The van der Waals surface area contributed by atoms with Crippen LogP contribution in [0.15, 0.2) is 51.7 Å². The fourth-order valence-electron chi connectivity index (χ4n) is 2.77. The van der Waals surface area contributed by atoms with Gasteiger partial charge in [-0.15, -0.1) is 0 Å². The number of ether oxygens (including phenoxy) is 4. The van der Waals surface area contributed by atoms with Crippen LogP contribution in [0.4, 0.5) is 0 Å². The molecule has 3 aromatic rings. The van der Waals surface area contributed by atoms with Crippen LogP contribution in [0.2, 0.25) is 0 Å². The predicted octanol–water partition coefficient (Wildman–Crippen LogP) is 4.62. The third-order valence-corrected chi connectivity index (χ3v) is 4.37. The number of methoxy groups -OCH3 is 1. The summed E-state index contributed by atoms with van der Waals surface area (Å²) >= 11 is 0. The van der Waals surface area contributed by atoms with Crippen LogP contribution in [0.3, 0.4) is 0 Å². The standard InChI is InChI=1S/C23H24O7/c1-4-5-11-27-21(24)14-28-17-9-10-19-20(13-17)29-15(2)23(22(19)25)30-18-8-6-7-16(12-18)26-3/h6-10,12-13H,4-5,11,14H2,1-3H3. The van der Waals surface area contributed by atoms with E-state index in [9.17, 15) is 9.59 Å². The Balaban J connectivity index is 1.78. The fraction of sp³-hybridized carbons (Fsp3) is 0.304. The van der Waals surface area contributed by atoms with Crippen LogP contribution < -0.4 is 19.6 Å². The highest BCUT2D eigenvalue weighted by atomic mass is 16.6. The Morgan fingerprint density at radius 1 is 1.07 bits per heavy atom. The molecule has 0 saturated carbocycles. The largest absolute Gasteiger partial charge is 0.497 e. The molecule has 0 aliphatic heterocycles. The van der Waals surface area contributed by atoms with E-state index in [0.29, 0.717) is 40.6 Å².